The Hall–Kier alpha value is -2.59. The molecule has 34 heavy (non-hydrogen) atoms. The van der Waals surface area contributed by atoms with Gasteiger partial charge in [-0.1, -0.05) is 47.7 Å². The first kappa shape index (κ1) is 27.6. The van der Waals surface area contributed by atoms with Gasteiger partial charge < -0.3 is 14.4 Å². The van der Waals surface area contributed by atoms with Crippen molar-refractivity contribution >= 4 is 31.6 Å². The molecule has 10 heteroatoms. The second-order valence-electron chi connectivity index (χ2n) is 11.1. The van der Waals surface area contributed by atoms with Crippen molar-refractivity contribution in [3.8, 4) is 0 Å². The fraction of sp³-hybridized carbons (Fsp3) is 0.625. The Morgan fingerprint density at radius 1 is 1.18 bits per heavy atom. The molecule has 1 aromatic carbocycles. The molecule has 3 atom stereocenters. The number of aliphatic hydroxyl groups is 1. The van der Waals surface area contributed by atoms with Crippen LogP contribution in [0.4, 0.5) is 5.69 Å². The van der Waals surface area contributed by atoms with Gasteiger partial charge in [-0.2, -0.15) is 0 Å². The summed E-state index contributed by atoms with van der Waals surface area (Å²) in [6.07, 6.45) is -1.39. The molecular weight excluding hydrogens is 456 g/mol. The largest absolute Gasteiger partial charge is 0.460 e. The standard InChI is InChI=1S/C24H36N2O7Si/c1-15(27)20-21(25(22(20)30)34(7,8)23(2,3)4)24(5,6)18(28)13-19(29)33-14-16-9-11-17(12-10-16)26(31)32/h9-12,15,20-21,27H,13-14H2,1-8H3. The normalized spacial score (nSPS) is 19.9. The average molecular weight is 493 g/mol. The molecule has 1 N–H and O–H groups in total. The lowest BCUT2D eigenvalue weighted by atomic mass is 9.67. The van der Waals surface area contributed by atoms with Crippen molar-refractivity contribution in [3.05, 3.63) is 39.9 Å². The number of nitro benzene ring substituents is 1. The Bertz CT molecular complexity index is 965. The van der Waals surface area contributed by atoms with E-state index in [1.54, 1.807) is 20.8 Å². The molecule has 1 aromatic rings. The van der Waals surface area contributed by atoms with E-state index in [1.807, 2.05) is 4.57 Å². The van der Waals surface area contributed by atoms with Gasteiger partial charge in [0.2, 0.25) is 5.91 Å². The van der Waals surface area contributed by atoms with E-state index in [0.29, 0.717) is 5.56 Å². The molecule has 2 rings (SSSR count). The van der Waals surface area contributed by atoms with Gasteiger partial charge in [0.1, 0.15) is 13.0 Å². The maximum absolute atomic E-state index is 13.3. The van der Waals surface area contributed by atoms with Gasteiger partial charge in [0.05, 0.1) is 16.9 Å². The SMILES string of the molecule is CC(O)C1C(=O)N([Si](C)(C)C(C)(C)C)C1C(C)(C)C(=O)CC(=O)OCc1ccc([N+](=O)[O-])cc1. The highest BCUT2D eigenvalue weighted by atomic mass is 28.3. The van der Waals surface area contributed by atoms with Crippen LogP contribution in [0.5, 0.6) is 0 Å². The van der Waals surface area contributed by atoms with E-state index in [1.165, 1.54) is 24.3 Å². The summed E-state index contributed by atoms with van der Waals surface area (Å²) in [5.74, 6) is -1.93. The summed E-state index contributed by atoms with van der Waals surface area (Å²) in [5, 5.41) is 20.9. The van der Waals surface area contributed by atoms with Gasteiger partial charge in [-0.15, -0.1) is 0 Å². The van der Waals surface area contributed by atoms with Crippen molar-refractivity contribution in [2.45, 2.75) is 84.8 Å². The van der Waals surface area contributed by atoms with Crippen molar-refractivity contribution in [1.29, 1.82) is 0 Å². The Morgan fingerprint density at radius 3 is 2.15 bits per heavy atom. The number of aliphatic hydroxyl groups excluding tert-OH is 1. The van der Waals surface area contributed by atoms with E-state index < -0.39 is 49.0 Å². The summed E-state index contributed by atoms with van der Waals surface area (Å²) in [5.41, 5.74) is -0.577. The smallest absolute Gasteiger partial charge is 0.313 e. The lowest BCUT2D eigenvalue weighted by Gasteiger charge is -2.62. The molecule has 3 unspecified atom stereocenters. The van der Waals surface area contributed by atoms with Crippen molar-refractivity contribution in [3.63, 3.8) is 0 Å². The van der Waals surface area contributed by atoms with E-state index in [-0.39, 0.29) is 29.0 Å². The molecule has 0 aromatic heterocycles. The summed E-state index contributed by atoms with van der Waals surface area (Å²) in [7, 11) is -2.35. The summed E-state index contributed by atoms with van der Waals surface area (Å²) in [6, 6.07) is 5.09. The molecule has 1 amide bonds. The van der Waals surface area contributed by atoms with Crippen LogP contribution in [0.2, 0.25) is 18.1 Å². The van der Waals surface area contributed by atoms with Crippen LogP contribution < -0.4 is 0 Å². The van der Waals surface area contributed by atoms with Gasteiger partial charge in [0.15, 0.2) is 14.0 Å². The van der Waals surface area contributed by atoms with Crippen LogP contribution in [0.3, 0.4) is 0 Å². The third kappa shape index (κ3) is 5.22. The monoisotopic (exact) mass is 492 g/mol. The molecule has 1 fully saturated rings. The van der Waals surface area contributed by atoms with Crippen LogP contribution in [0.1, 0.15) is 53.5 Å². The van der Waals surface area contributed by atoms with E-state index in [0.717, 1.165) is 0 Å². The van der Waals surface area contributed by atoms with Crippen LogP contribution in [0.25, 0.3) is 0 Å². The highest BCUT2D eigenvalue weighted by Gasteiger charge is 2.63. The van der Waals surface area contributed by atoms with Gasteiger partial charge in [-0.25, -0.2) is 0 Å². The maximum atomic E-state index is 13.3. The number of hydrogen-bond donors (Lipinski definition) is 1. The lowest BCUT2D eigenvalue weighted by molar-refractivity contribution is -0.384. The van der Waals surface area contributed by atoms with Crippen LogP contribution in [0.15, 0.2) is 24.3 Å². The van der Waals surface area contributed by atoms with Crippen molar-refractivity contribution in [2.75, 3.05) is 0 Å². The predicted octanol–water partition coefficient (Wildman–Crippen LogP) is 3.84. The van der Waals surface area contributed by atoms with Gasteiger partial charge in [0.25, 0.3) is 5.69 Å². The molecule has 1 saturated heterocycles. The molecule has 9 nitrogen and oxygen atoms in total. The van der Waals surface area contributed by atoms with Crippen molar-refractivity contribution in [2.24, 2.45) is 11.3 Å². The van der Waals surface area contributed by atoms with Gasteiger partial charge in [-0.3, -0.25) is 24.5 Å². The number of non-ortho nitro benzene ring substituents is 1. The first-order valence-corrected chi connectivity index (χ1v) is 14.3. The lowest BCUT2D eigenvalue weighted by Crippen LogP contribution is -2.78. The molecule has 1 aliphatic heterocycles. The van der Waals surface area contributed by atoms with Gasteiger partial charge in [-0.05, 0) is 29.7 Å². The Balaban J connectivity index is 2.15. The highest BCUT2D eigenvalue weighted by Crippen LogP contribution is 2.50. The number of hydrogen-bond acceptors (Lipinski definition) is 7. The van der Waals surface area contributed by atoms with E-state index in [2.05, 4.69) is 33.9 Å². The number of esters is 1. The number of rotatable bonds is 9. The first-order valence-electron chi connectivity index (χ1n) is 11.4. The summed E-state index contributed by atoms with van der Waals surface area (Å²) < 4.78 is 7.04. The first-order chi connectivity index (χ1) is 15.4. The minimum absolute atomic E-state index is 0.0685. The Morgan fingerprint density at radius 2 is 1.71 bits per heavy atom. The number of ether oxygens (including phenoxy) is 1. The number of carbonyl (C=O) groups is 3. The average Bonchev–Trinajstić information content (AvgIpc) is 2.69. The summed E-state index contributed by atoms with van der Waals surface area (Å²) in [4.78, 5) is 49.0. The van der Waals surface area contributed by atoms with Crippen molar-refractivity contribution < 1.29 is 29.2 Å². The Labute approximate surface area is 201 Å². The number of β-lactam (4-membered cyclic amide) rings is 1. The third-order valence-electron chi connectivity index (χ3n) is 7.41. The molecular formula is C24H36N2O7Si. The topological polar surface area (TPSA) is 127 Å². The zero-order valence-electron chi connectivity index (χ0n) is 21.2. The van der Waals surface area contributed by atoms with Gasteiger partial charge in [0, 0.05) is 23.6 Å². The molecule has 188 valence electrons. The van der Waals surface area contributed by atoms with Crippen molar-refractivity contribution in [1.82, 2.24) is 4.57 Å². The molecule has 1 aliphatic rings. The minimum Gasteiger partial charge on any atom is -0.460 e. The Kier molecular flexibility index (Phi) is 7.79. The van der Waals surface area contributed by atoms with E-state index in [4.69, 9.17) is 4.74 Å². The molecule has 0 saturated carbocycles. The number of nitrogens with zero attached hydrogens (tertiary/aromatic N) is 2. The molecule has 0 spiro atoms. The zero-order chi connectivity index (χ0) is 26.2. The molecule has 0 radical (unpaired) electrons. The second-order valence-corrected chi connectivity index (χ2v) is 16.2. The summed E-state index contributed by atoms with van der Waals surface area (Å²) in [6.45, 7) is 15.2. The second kappa shape index (κ2) is 9.57. The van der Waals surface area contributed by atoms with Gasteiger partial charge >= 0.3 is 5.97 Å². The highest BCUT2D eigenvalue weighted by molar-refractivity contribution is 6.80. The fourth-order valence-corrected chi connectivity index (χ4v) is 6.79. The number of ketones is 1. The molecule has 0 bridgehead atoms. The van der Waals surface area contributed by atoms with Crippen LogP contribution in [0, 0.1) is 21.4 Å². The number of carbonyl (C=O) groups excluding carboxylic acids is 3. The van der Waals surface area contributed by atoms with Crippen LogP contribution >= 0.6 is 0 Å². The zero-order valence-corrected chi connectivity index (χ0v) is 22.2. The number of benzene rings is 1. The summed E-state index contributed by atoms with van der Waals surface area (Å²) >= 11 is 0. The van der Waals surface area contributed by atoms with E-state index >= 15 is 0 Å². The molecule has 0 aliphatic carbocycles. The van der Waals surface area contributed by atoms with Crippen LogP contribution in [-0.4, -0.2) is 52.6 Å². The number of nitro groups is 1. The quantitative estimate of drug-likeness (QED) is 0.139. The third-order valence-corrected chi connectivity index (χ3v) is 12.8. The van der Waals surface area contributed by atoms with E-state index in [9.17, 15) is 29.6 Å². The number of Topliss-reactive ketones (excluding diaryl/α,β-unsaturated/α-hetero) is 1. The number of amides is 1. The maximum Gasteiger partial charge on any atom is 0.313 e. The fourth-order valence-electron chi connectivity index (χ4n) is 4.19. The van der Waals surface area contributed by atoms with Crippen LogP contribution in [-0.2, 0) is 25.7 Å². The predicted molar refractivity (Wildman–Crippen MR) is 129 cm³/mol. The molecule has 1 heterocycles. The minimum atomic E-state index is -2.35.